The summed E-state index contributed by atoms with van der Waals surface area (Å²) < 4.78 is 5.64. The fourth-order valence-corrected chi connectivity index (χ4v) is 6.22. The van der Waals surface area contributed by atoms with Gasteiger partial charge in [0.25, 0.3) is 0 Å². The maximum absolute atomic E-state index is 12.2. The lowest BCUT2D eigenvalue weighted by molar-refractivity contribution is -0.148. The zero-order valence-electron chi connectivity index (χ0n) is 30.4. The molecule has 0 spiro atoms. The lowest BCUT2D eigenvalue weighted by atomic mass is 10.0. The third kappa shape index (κ3) is 38.8. The molecule has 0 saturated carbocycles. The molecule has 0 heterocycles. The van der Waals surface area contributed by atoms with Gasteiger partial charge in [-0.15, -0.1) is 0 Å². The quantitative estimate of drug-likeness (QED) is 0.0419. The first-order valence-corrected chi connectivity index (χ1v) is 20.1. The number of rotatable bonds is 37. The summed E-state index contributed by atoms with van der Waals surface area (Å²) in [6, 6.07) is 0. The number of carbonyl (C=O) groups excluding carboxylic acids is 1. The Morgan fingerprint density at radius 1 is 0.489 bits per heavy atom. The number of esters is 1. The molecule has 4 heteroatoms. The zero-order valence-corrected chi connectivity index (χ0v) is 30.4. The van der Waals surface area contributed by atoms with Gasteiger partial charge < -0.3 is 9.84 Å². The summed E-state index contributed by atoms with van der Waals surface area (Å²) in [5.74, 6) is -0.673. The van der Waals surface area contributed by atoms with Crippen LogP contribution in [0.15, 0.2) is 12.2 Å². The van der Waals surface area contributed by atoms with Gasteiger partial charge in [-0.05, 0) is 58.3 Å². The summed E-state index contributed by atoms with van der Waals surface area (Å²) >= 11 is 0. The number of aliphatic carboxylic acids is 1. The Balaban J connectivity index is 3.29. The molecular weight excluding hydrogens is 556 g/mol. The van der Waals surface area contributed by atoms with E-state index >= 15 is 0 Å². The van der Waals surface area contributed by atoms with E-state index in [4.69, 9.17) is 9.84 Å². The lowest BCUT2D eigenvalue weighted by Gasteiger charge is -2.13. The third-order valence-electron chi connectivity index (χ3n) is 9.23. The highest BCUT2D eigenvalue weighted by molar-refractivity contribution is 5.69. The van der Waals surface area contributed by atoms with Gasteiger partial charge in [0.15, 0.2) is 0 Å². The van der Waals surface area contributed by atoms with Crippen molar-refractivity contribution in [2.75, 3.05) is 0 Å². The van der Waals surface area contributed by atoms with E-state index in [9.17, 15) is 9.59 Å². The van der Waals surface area contributed by atoms with E-state index < -0.39 is 5.97 Å². The van der Waals surface area contributed by atoms with Gasteiger partial charge in [0, 0.05) is 12.8 Å². The van der Waals surface area contributed by atoms with Gasteiger partial charge in [0.2, 0.25) is 0 Å². The van der Waals surface area contributed by atoms with Crippen LogP contribution < -0.4 is 0 Å². The molecule has 4 nitrogen and oxygen atoms in total. The molecule has 0 aromatic heterocycles. The fourth-order valence-electron chi connectivity index (χ4n) is 6.22. The van der Waals surface area contributed by atoms with Crippen LogP contribution in [0.1, 0.15) is 232 Å². The van der Waals surface area contributed by atoms with Crippen molar-refractivity contribution >= 4 is 11.9 Å². The van der Waals surface area contributed by atoms with Crippen LogP contribution >= 0.6 is 0 Å². The molecule has 266 valence electrons. The maximum atomic E-state index is 12.2. The average molecular weight is 635 g/mol. The summed E-state index contributed by atoms with van der Waals surface area (Å²) in [5.41, 5.74) is 0. The van der Waals surface area contributed by atoms with Gasteiger partial charge >= 0.3 is 11.9 Å². The predicted octanol–water partition coefficient (Wildman–Crippen LogP) is 13.8. The van der Waals surface area contributed by atoms with Crippen molar-refractivity contribution in [1.82, 2.24) is 0 Å². The van der Waals surface area contributed by atoms with Gasteiger partial charge in [-0.3, -0.25) is 9.59 Å². The molecule has 1 unspecified atom stereocenters. The lowest BCUT2D eigenvalue weighted by Crippen LogP contribution is -2.14. The molecular formula is C41H78O4. The van der Waals surface area contributed by atoms with Crippen molar-refractivity contribution in [3.63, 3.8) is 0 Å². The summed E-state index contributed by atoms with van der Waals surface area (Å²) in [4.78, 5) is 22.7. The Hall–Kier alpha value is -1.32. The first-order valence-electron chi connectivity index (χ1n) is 20.1. The number of allylic oxidation sites excluding steroid dienone is 2. The van der Waals surface area contributed by atoms with Crippen molar-refractivity contribution < 1.29 is 19.4 Å². The van der Waals surface area contributed by atoms with E-state index in [1.807, 2.05) is 0 Å². The first kappa shape index (κ1) is 43.7. The number of unbranched alkanes of at least 4 members (excludes halogenated alkanes) is 28. The molecule has 0 aliphatic heterocycles. The minimum atomic E-state index is -0.670. The van der Waals surface area contributed by atoms with Crippen LogP contribution in [0.25, 0.3) is 0 Å². The molecule has 0 radical (unpaired) electrons. The average Bonchev–Trinajstić information content (AvgIpc) is 3.01. The van der Waals surface area contributed by atoms with Gasteiger partial charge in [0.1, 0.15) is 0 Å². The van der Waals surface area contributed by atoms with E-state index in [-0.39, 0.29) is 12.1 Å². The Kier molecular flexibility index (Phi) is 36.1. The van der Waals surface area contributed by atoms with E-state index in [0.29, 0.717) is 12.8 Å². The monoisotopic (exact) mass is 635 g/mol. The second kappa shape index (κ2) is 37.1. The van der Waals surface area contributed by atoms with Crippen LogP contribution in [0, 0.1) is 0 Å². The largest absolute Gasteiger partial charge is 0.481 e. The second-order valence-electron chi connectivity index (χ2n) is 13.9. The molecule has 0 aliphatic carbocycles. The minimum Gasteiger partial charge on any atom is -0.481 e. The predicted molar refractivity (Wildman–Crippen MR) is 195 cm³/mol. The molecule has 0 rings (SSSR count). The van der Waals surface area contributed by atoms with Crippen LogP contribution in [-0.2, 0) is 14.3 Å². The number of hydrogen-bond donors (Lipinski definition) is 1. The summed E-state index contributed by atoms with van der Waals surface area (Å²) in [7, 11) is 0. The molecule has 45 heavy (non-hydrogen) atoms. The number of hydrogen-bond acceptors (Lipinski definition) is 3. The van der Waals surface area contributed by atoms with Crippen molar-refractivity contribution in [1.29, 1.82) is 0 Å². The highest BCUT2D eigenvalue weighted by Crippen LogP contribution is 2.16. The minimum absolute atomic E-state index is 0.00215. The smallest absolute Gasteiger partial charge is 0.306 e. The van der Waals surface area contributed by atoms with Crippen LogP contribution in [-0.4, -0.2) is 23.1 Å². The van der Waals surface area contributed by atoms with Crippen LogP contribution in [0.4, 0.5) is 0 Å². The van der Waals surface area contributed by atoms with Gasteiger partial charge in [0.05, 0.1) is 6.10 Å². The topological polar surface area (TPSA) is 63.6 Å². The summed E-state index contributed by atoms with van der Waals surface area (Å²) in [6.45, 7) is 4.33. The van der Waals surface area contributed by atoms with Crippen molar-refractivity contribution in [3.8, 4) is 0 Å². The Morgan fingerprint density at radius 2 is 0.822 bits per heavy atom. The summed E-state index contributed by atoms with van der Waals surface area (Å²) in [5, 5.41) is 8.65. The molecule has 0 bridgehead atoms. The molecule has 0 aromatic rings. The van der Waals surface area contributed by atoms with Crippen molar-refractivity contribution in [2.45, 2.75) is 238 Å². The van der Waals surface area contributed by atoms with Crippen LogP contribution in [0.5, 0.6) is 0 Å². The molecule has 1 atom stereocenters. The SMILES string of the molecule is CCCCCCCC/C=C\CCCCCCCCCCCCCC(=O)OC(C)CCCCCCCCCCCCCCC(=O)O. The molecule has 0 saturated heterocycles. The van der Waals surface area contributed by atoms with E-state index in [1.54, 1.807) is 0 Å². The highest BCUT2D eigenvalue weighted by Gasteiger charge is 2.09. The highest BCUT2D eigenvalue weighted by atomic mass is 16.5. The number of carbonyl (C=O) groups is 2. The Labute approximate surface area is 281 Å². The standard InChI is InChI=1S/C41H78O4/c1-3-4-5-6-7-8-9-10-11-12-13-14-15-16-17-18-23-26-29-32-35-38-41(44)45-39(2)36-33-30-27-24-21-19-20-22-25-28-31-34-37-40(42)43/h10-11,39H,3-9,12-38H2,1-2H3,(H,42,43)/b11-10-. The van der Waals surface area contributed by atoms with Crippen molar-refractivity contribution in [2.24, 2.45) is 0 Å². The molecule has 0 aromatic carbocycles. The first-order chi connectivity index (χ1) is 22.1. The van der Waals surface area contributed by atoms with E-state index in [0.717, 1.165) is 38.5 Å². The molecule has 0 amide bonds. The molecule has 0 aliphatic rings. The number of carboxylic acid groups (broad SMARTS) is 1. The fraction of sp³-hybridized carbons (Fsp3) is 0.902. The van der Waals surface area contributed by atoms with Gasteiger partial charge in [-0.1, -0.05) is 173 Å². The normalized spacial score (nSPS) is 12.2. The third-order valence-corrected chi connectivity index (χ3v) is 9.23. The second-order valence-corrected chi connectivity index (χ2v) is 13.9. The van der Waals surface area contributed by atoms with Gasteiger partial charge in [-0.2, -0.15) is 0 Å². The van der Waals surface area contributed by atoms with Crippen LogP contribution in [0.2, 0.25) is 0 Å². The number of carboxylic acids is 1. The van der Waals surface area contributed by atoms with Gasteiger partial charge in [-0.25, -0.2) is 0 Å². The Bertz CT molecular complexity index is 643. The Morgan fingerprint density at radius 3 is 1.22 bits per heavy atom. The van der Waals surface area contributed by atoms with Crippen molar-refractivity contribution in [3.05, 3.63) is 12.2 Å². The summed E-state index contributed by atoms with van der Waals surface area (Å²) in [6.07, 6.45) is 46.6. The molecule has 1 N–H and O–H groups in total. The molecule has 0 fully saturated rings. The zero-order chi connectivity index (χ0) is 32.9. The van der Waals surface area contributed by atoms with E-state index in [1.165, 1.54) is 167 Å². The van der Waals surface area contributed by atoms with E-state index in [2.05, 4.69) is 26.0 Å². The van der Waals surface area contributed by atoms with Crippen LogP contribution in [0.3, 0.4) is 0 Å². The maximum Gasteiger partial charge on any atom is 0.306 e. The number of ether oxygens (including phenoxy) is 1.